The van der Waals surface area contributed by atoms with Gasteiger partial charge in [-0.1, -0.05) is 18.2 Å². The van der Waals surface area contributed by atoms with Gasteiger partial charge in [-0.25, -0.2) is 4.79 Å². The van der Waals surface area contributed by atoms with Gasteiger partial charge < -0.3 is 4.42 Å². The predicted molar refractivity (Wildman–Crippen MR) is 54.9 cm³/mol. The molecule has 0 saturated carbocycles. The largest absolute Gasteiger partial charge is 0.422 e. The molecule has 0 aliphatic carbocycles. The molecule has 0 spiro atoms. The van der Waals surface area contributed by atoms with Crippen molar-refractivity contribution in [2.75, 3.05) is 0 Å². The lowest BCUT2D eigenvalue weighted by atomic mass is 10.2. The molecule has 0 fully saturated rings. The number of benzene rings is 1. The van der Waals surface area contributed by atoms with Crippen molar-refractivity contribution in [1.29, 1.82) is 5.26 Å². The molecular formula is C10H4BrNO2. The van der Waals surface area contributed by atoms with Gasteiger partial charge in [0.25, 0.3) is 0 Å². The smallest absolute Gasteiger partial charge is 0.355 e. The van der Waals surface area contributed by atoms with Gasteiger partial charge in [0, 0.05) is 5.39 Å². The number of nitriles is 1. The molecule has 0 aliphatic heterocycles. The van der Waals surface area contributed by atoms with Crippen molar-refractivity contribution in [3.8, 4) is 6.07 Å². The zero-order chi connectivity index (χ0) is 10.1. The highest BCUT2D eigenvalue weighted by Crippen LogP contribution is 2.24. The van der Waals surface area contributed by atoms with Gasteiger partial charge in [0.05, 0.1) is 4.47 Å². The standard InChI is InChI=1S/C10H4BrNO2/c11-9-6-3-1-2-4-8(6)14-10(13)7(9)5-12/h1-4H. The number of hydrogen-bond donors (Lipinski definition) is 0. The van der Waals surface area contributed by atoms with E-state index in [1.165, 1.54) is 0 Å². The number of hydrogen-bond acceptors (Lipinski definition) is 3. The van der Waals surface area contributed by atoms with E-state index in [9.17, 15) is 4.79 Å². The summed E-state index contributed by atoms with van der Waals surface area (Å²) >= 11 is 3.21. The first-order valence-corrected chi connectivity index (χ1v) is 4.65. The number of para-hydroxylation sites is 1. The van der Waals surface area contributed by atoms with Crippen LogP contribution in [0.2, 0.25) is 0 Å². The van der Waals surface area contributed by atoms with Crippen LogP contribution < -0.4 is 5.63 Å². The van der Waals surface area contributed by atoms with Gasteiger partial charge in [0.15, 0.2) is 5.56 Å². The van der Waals surface area contributed by atoms with Gasteiger partial charge in [0.2, 0.25) is 0 Å². The van der Waals surface area contributed by atoms with E-state index >= 15 is 0 Å². The van der Waals surface area contributed by atoms with Crippen LogP contribution in [-0.4, -0.2) is 0 Å². The maximum atomic E-state index is 11.3. The minimum Gasteiger partial charge on any atom is -0.422 e. The first kappa shape index (κ1) is 8.97. The summed E-state index contributed by atoms with van der Waals surface area (Å²) in [6.45, 7) is 0. The molecule has 1 heterocycles. The van der Waals surface area contributed by atoms with Crippen molar-refractivity contribution < 1.29 is 4.42 Å². The minimum atomic E-state index is -0.613. The lowest BCUT2D eigenvalue weighted by molar-refractivity contribution is 0.557. The summed E-state index contributed by atoms with van der Waals surface area (Å²) in [6.07, 6.45) is 0. The second-order valence-corrected chi connectivity index (χ2v) is 3.48. The molecule has 2 rings (SSSR count). The third-order valence-electron chi connectivity index (χ3n) is 1.86. The number of nitrogens with zero attached hydrogens (tertiary/aromatic N) is 1. The van der Waals surface area contributed by atoms with E-state index < -0.39 is 5.63 Å². The third kappa shape index (κ3) is 1.22. The van der Waals surface area contributed by atoms with Gasteiger partial charge in [-0.05, 0) is 22.0 Å². The predicted octanol–water partition coefficient (Wildman–Crippen LogP) is 2.43. The Morgan fingerprint density at radius 2 is 2.07 bits per heavy atom. The fourth-order valence-corrected chi connectivity index (χ4v) is 1.78. The molecule has 14 heavy (non-hydrogen) atoms. The monoisotopic (exact) mass is 249 g/mol. The van der Waals surface area contributed by atoms with Crippen molar-refractivity contribution in [3.05, 3.63) is 44.7 Å². The summed E-state index contributed by atoms with van der Waals surface area (Å²) in [4.78, 5) is 11.3. The lowest BCUT2D eigenvalue weighted by Crippen LogP contribution is -2.04. The maximum absolute atomic E-state index is 11.3. The number of fused-ring (bicyclic) bond motifs is 1. The molecule has 0 radical (unpaired) electrons. The second-order valence-electron chi connectivity index (χ2n) is 2.69. The molecule has 1 aromatic heterocycles. The van der Waals surface area contributed by atoms with Crippen LogP contribution in [0.3, 0.4) is 0 Å². The zero-order valence-electron chi connectivity index (χ0n) is 6.95. The molecular weight excluding hydrogens is 246 g/mol. The molecule has 0 amide bonds. The summed E-state index contributed by atoms with van der Waals surface area (Å²) < 4.78 is 5.45. The van der Waals surface area contributed by atoms with E-state index in [2.05, 4.69) is 15.9 Å². The highest BCUT2D eigenvalue weighted by Gasteiger charge is 2.10. The zero-order valence-corrected chi connectivity index (χ0v) is 8.54. The van der Waals surface area contributed by atoms with Gasteiger partial charge in [0.1, 0.15) is 11.7 Å². The summed E-state index contributed by atoms with van der Waals surface area (Å²) in [7, 11) is 0. The molecule has 0 unspecified atom stereocenters. The molecule has 3 nitrogen and oxygen atoms in total. The van der Waals surface area contributed by atoms with E-state index in [0.29, 0.717) is 10.1 Å². The van der Waals surface area contributed by atoms with Crippen molar-refractivity contribution in [3.63, 3.8) is 0 Å². The average molecular weight is 250 g/mol. The fraction of sp³-hybridized carbons (Fsp3) is 0. The summed E-state index contributed by atoms with van der Waals surface area (Å²) in [5.74, 6) is 0. The first-order valence-electron chi connectivity index (χ1n) is 3.85. The van der Waals surface area contributed by atoms with E-state index in [0.717, 1.165) is 5.39 Å². The van der Waals surface area contributed by atoms with Crippen LogP contribution in [0.4, 0.5) is 0 Å². The SMILES string of the molecule is N#Cc1c(Br)c2ccccc2oc1=O. The van der Waals surface area contributed by atoms with Crippen LogP contribution >= 0.6 is 15.9 Å². The van der Waals surface area contributed by atoms with Crippen molar-refractivity contribution in [2.24, 2.45) is 0 Å². The van der Waals surface area contributed by atoms with Crippen LogP contribution in [0.1, 0.15) is 5.56 Å². The summed E-state index contributed by atoms with van der Waals surface area (Å²) in [5.41, 5.74) is -0.134. The topological polar surface area (TPSA) is 54.0 Å². The Labute approximate surface area is 87.7 Å². The Morgan fingerprint density at radius 3 is 2.79 bits per heavy atom. The maximum Gasteiger partial charge on any atom is 0.355 e. The van der Waals surface area contributed by atoms with Crippen molar-refractivity contribution >= 4 is 26.9 Å². The Balaban J connectivity index is 3.02. The molecule has 2 aromatic rings. The molecule has 68 valence electrons. The number of halogens is 1. The molecule has 0 bridgehead atoms. The van der Waals surface area contributed by atoms with E-state index in [-0.39, 0.29) is 5.56 Å². The molecule has 0 atom stereocenters. The molecule has 0 N–H and O–H groups in total. The fourth-order valence-electron chi connectivity index (χ4n) is 1.21. The van der Waals surface area contributed by atoms with E-state index in [1.54, 1.807) is 24.3 Å². The van der Waals surface area contributed by atoms with Crippen LogP contribution in [0.15, 0.2) is 37.9 Å². The first-order chi connectivity index (χ1) is 6.74. The third-order valence-corrected chi connectivity index (χ3v) is 2.69. The van der Waals surface area contributed by atoms with E-state index in [4.69, 9.17) is 9.68 Å². The minimum absolute atomic E-state index is 0.00343. The van der Waals surface area contributed by atoms with E-state index in [1.807, 2.05) is 6.07 Å². The normalized spacial score (nSPS) is 10.0. The second kappa shape index (κ2) is 3.28. The van der Waals surface area contributed by atoms with Gasteiger partial charge in [-0.15, -0.1) is 0 Å². The van der Waals surface area contributed by atoms with Crippen molar-refractivity contribution in [1.82, 2.24) is 0 Å². The van der Waals surface area contributed by atoms with Crippen LogP contribution in [0.5, 0.6) is 0 Å². The molecule has 4 heteroatoms. The highest BCUT2D eigenvalue weighted by molar-refractivity contribution is 9.10. The Hall–Kier alpha value is -1.60. The van der Waals surface area contributed by atoms with Crippen LogP contribution in [0.25, 0.3) is 11.0 Å². The van der Waals surface area contributed by atoms with Gasteiger partial charge in [-0.2, -0.15) is 5.26 Å². The molecule has 0 aliphatic rings. The average Bonchev–Trinajstić information content (AvgIpc) is 2.18. The van der Waals surface area contributed by atoms with Gasteiger partial charge in [-0.3, -0.25) is 0 Å². The van der Waals surface area contributed by atoms with Crippen LogP contribution in [-0.2, 0) is 0 Å². The summed E-state index contributed by atoms with van der Waals surface area (Å²) in [5, 5.41) is 9.44. The lowest BCUT2D eigenvalue weighted by Gasteiger charge is -1.99. The van der Waals surface area contributed by atoms with Gasteiger partial charge >= 0.3 is 5.63 Å². The molecule has 0 saturated heterocycles. The van der Waals surface area contributed by atoms with Crippen LogP contribution in [0, 0.1) is 11.3 Å². The number of rotatable bonds is 0. The quantitative estimate of drug-likeness (QED) is 0.674. The Morgan fingerprint density at radius 1 is 1.36 bits per heavy atom. The van der Waals surface area contributed by atoms with Crippen molar-refractivity contribution in [2.45, 2.75) is 0 Å². The Kier molecular flexibility index (Phi) is 2.10. The summed E-state index contributed by atoms with van der Waals surface area (Å²) in [6, 6.07) is 8.85. The Bertz CT molecular complexity index is 595. The molecule has 1 aromatic carbocycles. The highest BCUT2D eigenvalue weighted by atomic mass is 79.9.